The number of nitrogens with zero attached hydrogens (tertiary/aromatic N) is 4. The molecule has 0 amide bonds. The second kappa shape index (κ2) is 7.37. The summed E-state index contributed by atoms with van der Waals surface area (Å²) < 4.78 is 7.58. The molecule has 1 fully saturated rings. The molecule has 1 atom stereocenters. The number of aryl methyl sites for hydroxylation is 1. The molecule has 0 radical (unpaired) electrons. The van der Waals surface area contributed by atoms with Gasteiger partial charge < -0.3 is 19.0 Å². The third kappa shape index (κ3) is 3.05. The van der Waals surface area contributed by atoms with Crippen molar-refractivity contribution in [2.45, 2.75) is 25.5 Å². The normalized spacial score (nSPS) is 20.3. The van der Waals surface area contributed by atoms with E-state index in [9.17, 15) is 0 Å². The number of methoxy groups -OCH3 is 1. The Labute approximate surface area is 176 Å². The van der Waals surface area contributed by atoms with Crippen molar-refractivity contribution in [3.05, 3.63) is 84.0 Å². The van der Waals surface area contributed by atoms with Crippen LogP contribution in [0, 0.1) is 6.92 Å². The molecule has 1 unspecified atom stereocenters. The first-order chi connectivity index (χ1) is 14.7. The van der Waals surface area contributed by atoms with Gasteiger partial charge in [0.1, 0.15) is 5.75 Å². The van der Waals surface area contributed by atoms with Gasteiger partial charge >= 0.3 is 0 Å². The van der Waals surface area contributed by atoms with Gasteiger partial charge in [0.25, 0.3) is 0 Å². The van der Waals surface area contributed by atoms with Crippen LogP contribution in [0.5, 0.6) is 5.75 Å². The van der Waals surface area contributed by atoms with Crippen LogP contribution in [0.2, 0.25) is 0 Å². The molecule has 2 aliphatic heterocycles. The molecule has 2 aliphatic rings. The summed E-state index contributed by atoms with van der Waals surface area (Å²) in [6.07, 6.45) is 9.86. The first kappa shape index (κ1) is 18.5. The molecule has 152 valence electrons. The number of fused-ring (bicyclic) bond motifs is 1. The number of hydrogen-bond acceptors (Lipinski definition) is 5. The zero-order valence-corrected chi connectivity index (χ0v) is 17.2. The van der Waals surface area contributed by atoms with Gasteiger partial charge in [0.05, 0.1) is 24.8 Å². The first-order valence-corrected chi connectivity index (χ1v) is 10.2. The number of oxime groups is 1. The number of benzene rings is 2. The van der Waals surface area contributed by atoms with Gasteiger partial charge in [-0.25, -0.2) is 4.98 Å². The number of amidine groups is 1. The third-order valence-electron chi connectivity index (χ3n) is 5.74. The number of rotatable bonds is 5. The standard InChI is InChI=1S/C24H24N4O2/c1-18-16-27(17-25-18)21-11-9-19(15-22(21)29-2)10-12-23-26-30-24(13-6-14-28(23)24)20-7-4-3-5-8-20/h3-5,7-12,15-17H,6,13-14H2,1-2H3. The van der Waals surface area contributed by atoms with Gasteiger partial charge in [-0.2, -0.15) is 0 Å². The van der Waals surface area contributed by atoms with Crippen LogP contribution >= 0.6 is 0 Å². The Kier molecular flexibility index (Phi) is 4.54. The largest absolute Gasteiger partial charge is 0.495 e. The van der Waals surface area contributed by atoms with Crippen molar-refractivity contribution in [2.75, 3.05) is 13.7 Å². The average molecular weight is 400 g/mol. The highest BCUT2D eigenvalue weighted by atomic mass is 16.7. The fraction of sp³-hybridized carbons (Fsp3) is 0.250. The van der Waals surface area contributed by atoms with Crippen molar-refractivity contribution < 1.29 is 9.57 Å². The molecule has 0 bridgehead atoms. The van der Waals surface area contributed by atoms with E-state index < -0.39 is 5.72 Å². The van der Waals surface area contributed by atoms with E-state index in [1.54, 1.807) is 13.4 Å². The number of ether oxygens (including phenoxy) is 1. The maximum atomic E-state index is 6.00. The van der Waals surface area contributed by atoms with Crippen LogP contribution in [0.15, 0.2) is 72.3 Å². The lowest BCUT2D eigenvalue weighted by molar-refractivity contribution is -0.0847. The summed E-state index contributed by atoms with van der Waals surface area (Å²) in [5.74, 6) is 1.64. The average Bonchev–Trinajstić information content (AvgIpc) is 3.48. The molecule has 6 heteroatoms. The summed E-state index contributed by atoms with van der Waals surface area (Å²) in [5.41, 5.74) is 3.64. The van der Waals surface area contributed by atoms with Crippen LogP contribution < -0.4 is 4.74 Å². The van der Waals surface area contributed by atoms with E-state index in [2.05, 4.69) is 33.2 Å². The molecule has 3 aromatic rings. The molecular formula is C24H24N4O2. The van der Waals surface area contributed by atoms with Crippen LogP contribution in [0.1, 0.15) is 29.7 Å². The number of hydrogen-bond donors (Lipinski definition) is 0. The zero-order chi connectivity index (χ0) is 20.6. The van der Waals surface area contributed by atoms with Crippen molar-refractivity contribution in [3.63, 3.8) is 0 Å². The molecule has 3 heterocycles. The van der Waals surface area contributed by atoms with Crippen molar-refractivity contribution in [2.24, 2.45) is 5.16 Å². The predicted octanol–water partition coefficient (Wildman–Crippen LogP) is 4.50. The fourth-order valence-corrected chi connectivity index (χ4v) is 4.27. The summed E-state index contributed by atoms with van der Waals surface area (Å²) >= 11 is 0. The molecule has 0 N–H and O–H groups in total. The minimum atomic E-state index is -0.470. The molecule has 30 heavy (non-hydrogen) atoms. The Bertz CT molecular complexity index is 1120. The van der Waals surface area contributed by atoms with Crippen LogP contribution in [-0.2, 0) is 10.6 Å². The molecule has 0 spiro atoms. The summed E-state index contributed by atoms with van der Waals surface area (Å²) in [7, 11) is 1.68. The van der Waals surface area contributed by atoms with Crippen LogP contribution in [0.4, 0.5) is 0 Å². The van der Waals surface area contributed by atoms with Gasteiger partial charge in [0, 0.05) is 24.7 Å². The Balaban J connectivity index is 1.39. The topological polar surface area (TPSA) is 51.9 Å². The van der Waals surface area contributed by atoms with E-state index in [-0.39, 0.29) is 0 Å². The second-order valence-corrected chi connectivity index (χ2v) is 7.63. The summed E-state index contributed by atoms with van der Waals surface area (Å²) in [5, 5.41) is 4.41. The molecule has 6 nitrogen and oxygen atoms in total. The van der Waals surface area contributed by atoms with Crippen molar-refractivity contribution in [3.8, 4) is 11.4 Å². The molecule has 2 aromatic carbocycles. The van der Waals surface area contributed by atoms with Crippen molar-refractivity contribution in [1.29, 1.82) is 0 Å². The first-order valence-electron chi connectivity index (χ1n) is 10.2. The monoisotopic (exact) mass is 400 g/mol. The quantitative estimate of drug-likeness (QED) is 0.633. The Hall–Kier alpha value is -3.54. The van der Waals surface area contributed by atoms with Gasteiger partial charge in [-0.3, -0.25) is 0 Å². The van der Waals surface area contributed by atoms with Crippen LogP contribution in [-0.4, -0.2) is 33.9 Å². The van der Waals surface area contributed by atoms with E-state index in [1.165, 1.54) is 0 Å². The molecular weight excluding hydrogens is 376 g/mol. The number of imidazole rings is 1. The highest BCUT2D eigenvalue weighted by Crippen LogP contribution is 2.44. The Morgan fingerprint density at radius 2 is 2.00 bits per heavy atom. The van der Waals surface area contributed by atoms with E-state index in [0.717, 1.165) is 53.5 Å². The van der Waals surface area contributed by atoms with E-state index in [1.807, 2.05) is 60.2 Å². The van der Waals surface area contributed by atoms with Gasteiger partial charge in [0.2, 0.25) is 5.72 Å². The smallest absolute Gasteiger partial charge is 0.237 e. The highest BCUT2D eigenvalue weighted by molar-refractivity contribution is 5.97. The molecule has 1 aromatic heterocycles. The lowest BCUT2D eigenvalue weighted by Crippen LogP contribution is -2.40. The lowest BCUT2D eigenvalue weighted by atomic mass is 10.00. The number of aromatic nitrogens is 2. The lowest BCUT2D eigenvalue weighted by Gasteiger charge is -2.30. The predicted molar refractivity (Wildman–Crippen MR) is 116 cm³/mol. The Morgan fingerprint density at radius 1 is 1.13 bits per heavy atom. The summed E-state index contributed by atoms with van der Waals surface area (Å²) in [6, 6.07) is 16.5. The summed E-state index contributed by atoms with van der Waals surface area (Å²) in [4.78, 5) is 12.6. The third-order valence-corrected chi connectivity index (χ3v) is 5.74. The second-order valence-electron chi connectivity index (χ2n) is 7.63. The van der Waals surface area contributed by atoms with Gasteiger partial charge in [-0.1, -0.05) is 47.6 Å². The SMILES string of the molecule is COc1cc(C=CC2=NOC3(c4ccccc4)CCCN23)ccc1-n1cnc(C)c1. The highest BCUT2D eigenvalue weighted by Gasteiger charge is 2.50. The van der Waals surface area contributed by atoms with Gasteiger partial charge in [0.15, 0.2) is 5.84 Å². The van der Waals surface area contributed by atoms with Crippen LogP contribution in [0.25, 0.3) is 11.8 Å². The van der Waals surface area contributed by atoms with Crippen LogP contribution in [0.3, 0.4) is 0 Å². The van der Waals surface area contributed by atoms with Crippen molar-refractivity contribution >= 4 is 11.9 Å². The van der Waals surface area contributed by atoms with Gasteiger partial charge in [-0.15, -0.1) is 0 Å². The van der Waals surface area contributed by atoms with E-state index in [4.69, 9.17) is 9.57 Å². The molecule has 5 rings (SSSR count). The molecule has 0 aliphatic carbocycles. The Morgan fingerprint density at radius 3 is 2.77 bits per heavy atom. The minimum absolute atomic E-state index is 0.470. The summed E-state index contributed by atoms with van der Waals surface area (Å²) in [6.45, 7) is 2.90. The molecule has 1 saturated heterocycles. The maximum absolute atomic E-state index is 6.00. The zero-order valence-electron chi connectivity index (χ0n) is 17.2. The van der Waals surface area contributed by atoms with E-state index in [0.29, 0.717) is 0 Å². The maximum Gasteiger partial charge on any atom is 0.237 e. The fourth-order valence-electron chi connectivity index (χ4n) is 4.27. The molecule has 0 saturated carbocycles. The van der Waals surface area contributed by atoms with E-state index >= 15 is 0 Å². The van der Waals surface area contributed by atoms with Gasteiger partial charge in [-0.05, 0) is 37.1 Å². The van der Waals surface area contributed by atoms with Crippen molar-refractivity contribution in [1.82, 2.24) is 14.5 Å². The minimum Gasteiger partial charge on any atom is -0.495 e.